The zero-order valence-corrected chi connectivity index (χ0v) is 18.2. The molecule has 1 nitrogen and oxygen atoms in total. The molecule has 4 aromatic rings. The van der Waals surface area contributed by atoms with Gasteiger partial charge in [-0.1, -0.05) is 72.8 Å². The lowest BCUT2D eigenvalue weighted by Crippen LogP contribution is -2.09. The van der Waals surface area contributed by atoms with E-state index >= 15 is 0 Å². The molecule has 0 aromatic heterocycles. The lowest BCUT2D eigenvalue weighted by molar-refractivity contribution is 1.28. The van der Waals surface area contributed by atoms with Crippen LogP contribution in [0.4, 0.5) is 17.1 Å². The zero-order chi connectivity index (χ0) is 20.8. The molecule has 0 unspecified atom stereocenters. The second-order valence-corrected chi connectivity index (χ2v) is 9.42. The Balaban J connectivity index is 1.58. The SMILES string of the molecule is C[S+](C)c1ccc(/C=C/c2ccc(N(c3ccccc3)c3ccccc3)cc2)cc1. The molecule has 0 amide bonds. The standard InChI is InChI=1S/C28H26NS/c1-30(2)28-21-17-24(18-22-28)14-13-23-15-19-27(20-16-23)29(25-9-5-3-6-10-25)26-11-7-4-8-12-26/h3-22H,1-2H3/q+1/b14-13+. The molecule has 0 N–H and O–H groups in total. The first kappa shape index (κ1) is 20.1. The molecule has 0 aliphatic carbocycles. The molecule has 0 aliphatic heterocycles. The average molecular weight is 409 g/mol. The topological polar surface area (TPSA) is 3.24 Å². The van der Waals surface area contributed by atoms with Crippen molar-refractivity contribution in [3.05, 3.63) is 120 Å². The van der Waals surface area contributed by atoms with Crippen LogP contribution in [0.1, 0.15) is 11.1 Å². The van der Waals surface area contributed by atoms with Gasteiger partial charge in [0.1, 0.15) is 12.5 Å². The van der Waals surface area contributed by atoms with Crippen molar-refractivity contribution in [1.29, 1.82) is 0 Å². The van der Waals surface area contributed by atoms with Gasteiger partial charge in [0, 0.05) is 28.0 Å². The van der Waals surface area contributed by atoms with Crippen LogP contribution in [-0.2, 0) is 10.9 Å². The van der Waals surface area contributed by atoms with Gasteiger partial charge in [0.25, 0.3) is 0 Å². The first-order valence-electron chi connectivity index (χ1n) is 10.1. The van der Waals surface area contributed by atoms with E-state index < -0.39 is 0 Å². The summed E-state index contributed by atoms with van der Waals surface area (Å²) in [6, 6.07) is 38.5. The van der Waals surface area contributed by atoms with Gasteiger partial charge in [0.15, 0.2) is 4.90 Å². The van der Waals surface area contributed by atoms with Crippen molar-refractivity contribution in [1.82, 2.24) is 0 Å². The van der Waals surface area contributed by atoms with Crippen LogP contribution in [0.25, 0.3) is 12.2 Å². The highest BCUT2D eigenvalue weighted by Gasteiger charge is 2.11. The highest BCUT2D eigenvalue weighted by Crippen LogP contribution is 2.34. The van der Waals surface area contributed by atoms with Crippen molar-refractivity contribution in [3.8, 4) is 0 Å². The van der Waals surface area contributed by atoms with E-state index in [9.17, 15) is 0 Å². The van der Waals surface area contributed by atoms with Gasteiger partial charge in [0.05, 0.1) is 0 Å². The summed E-state index contributed by atoms with van der Waals surface area (Å²) in [5.41, 5.74) is 5.86. The summed E-state index contributed by atoms with van der Waals surface area (Å²) < 4.78 is 0. The summed E-state index contributed by atoms with van der Waals surface area (Å²) in [4.78, 5) is 3.68. The summed E-state index contributed by atoms with van der Waals surface area (Å²) >= 11 is 0. The first-order chi connectivity index (χ1) is 14.7. The maximum Gasteiger partial charge on any atom is 0.154 e. The summed E-state index contributed by atoms with van der Waals surface area (Å²) in [7, 11) is 0.305. The van der Waals surface area contributed by atoms with Gasteiger partial charge in [-0.15, -0.1) is 0 Å². The van der Waals surface area contributed by atoms with Crippen LogP contribution in [0.2, 0.25) is 0 Å². The Labute approximate surface area is 182 Å². The number of rotatable bonds is 6. The molecular formula is C28H26NS+. The highest BCUT2D eigenvalue weighted by molar-refractivity contribution is 7.95. The molecule has 0 atom stereocenters. The predicted molar refractivity (Wildman–Crippen MR) is 134 cm³/mol. The minimum atomic E-state index is 0.305. The van der Waals surface area contributed by atoms with Crippen molar-refractivity contribution >= 4 is 40.1 Å². The smallest absolute Gasteiger partial charge is 0.154 e. The Morgan fingerprint density at radius 1 is 0.500 bits per heavy atom. The number of hydrogen-bond donors (Lipinski definition) is 0. The molecule has 148 valence electrons. The van der Waals surface area contributed by atoms with E-state index in [1.165, 1.54) is 16.0 Å². The molecule has 0 radical (unpaired) electrons. The van der Waals surface area contributed by atoms with Crippen molar-refractivity contribution in [2.24, 2.45) is 0 Å². The largest absolute Gasteiger partial charge is 0.311 e. The van der Waals surface area contributed by atoms with Gasteiger partial charge in [-0.05, 0) is 59.7 Å². The van der Waals surface area contributed by atoms with Gasteiger partial charge in [-0.25, -0.2) is 0 Å². The van der Waals surface area contributed by atoms with Gasteiger partial charge in [0.2, 0.25) is 0 Å². The van der Waals surface area contributed by atoms with Gasteiger partial charge >= 0.3 is 0 Å². The maximum absolute atomic E-state index is 2.28. The minimum absolute atomic E-state index is 0.305. The Bertz CT molecular complexity index is 1040. The lowest BCUT2D eigenvalue weighted by Gasteiger charge is -2.25. The molecule has 2 heteroatoms. The Hall–Kier alpha value is -3.23. The van der Waals surface area contributed by atoms with Crippen molar-refractivity contribution < 1.29 is 0 Å². The first-order valence-corrected chi connectivity index (χ1v) is 12.1. The molecule has 4 rings (SSSR count). The number of hydrogen-bond acceptors (Lipinski definition) is 1. The van der Waals surface area contributed by atoms with Crippen LogP contribution in [0.3, 0.4) is 0 Å². The van der Waals surface area contributed by atoms with E-state index in [-0.39, 0.29) is 0 Å². The fourth-order valence-corrected chi connectivity index (χ4v) is 4.06. The summed E-state index contributed by atoms with van der Waals surface area (Å²) in [6.45, 7) is 0. The molecule has 0 bridgehead atoms. The molecule has 0 fully saturated rings. The summed E-state index contributed by atoms with van der Waals surface area (Å²) in [6.07, 6.45) is 8.85. The predicted octanol–water partition coefficient (Wildman–Crippen LogP) is 7.56. The normalized spacial score (nSPS) is 11.2. The molecule has 30 heavy (non-hydrogen) atoms. The fraction of sp³-hybridized carbons (Fsp3) is 0.0714. The van der Waals surface area contributed by atoms with Crippen LogP contribution >= 0.6 is 0 Å². The van der Waals surface area contributed by atoms with E-state index in [4.69, 9.17) is 0 Å². The zero-order valence-electron chi connectivity index (χ0n) is 17.4. The van der Waals surface area contributed by atoms with E-state index in [0.717, 1.165) is 17.1 Å². The van der Waals surface area contributed by atoms with E-state index in [0.29, 0.717) is 10.9 Å². The number of benzene rings is 4. The molecule has 0 aliphatic rings. The van der Waals surface area contributed by atoms with Crippen molar-refractivity contribution in [3.63, 3.8) is 0 Å². The molecule has 0 heterocycles. The Morgan fingerprint density at radius 3 is 1.33 bits per heavy atom. The quantitative estimate of drug-likeness (QED) is 0.235. The average Bonchev–Trinajstić information content (AvgIpc) is 2.80. The molecule has 4 aromatic carbocycles. The Morgan fingerprint density at radius 2 is 0.900 bits per heavy atom. The highest BCUT2D eigenvalue weighted by atomic mass is 32.2. The molecule has 0 saturated heterocycles. The Kier molecular flexibility index (Phi) is 6.36. The van der Waals surface area contributed by atoms with Crippen LogP contribution in [-0.4, -0.2) is 12.5 Å². The van der Waals surface area contributed by atoms with E-state index in [2.05, 4.69) is 139 Å². The van der Waals surface area contributed by atoms with Crippen LogP contribution in [0, 0.1) is 0 Å². The van der Waals surface area contributed by atoms with Gasteiger partial charge in [-0.3, -0.25) is 0 Å². The van der Waals surface area contributed by atoms with Gasteiger partial charge < -0.3 is 4.90 Å². The van der Waals surface area contributed by atoms with Crippen molar-refractivity contribution in [2.75, 3.05) is 17.4 Å². The van der Waals surface area contributed by atoms with Gasteiger partial charge in [-0.2, -0.15) is 0 Å². The third-order valence-electron chi connectivity index (χ3n) is 5.00. The molecular weight excluding hydrogens is 382 g/mol. The number of nitrogens with zero attached hydrogens (tertiary/aromatic N) is 1. The monoisotopic (exact) mass is 408 g/mol. The van der Waals surface area contributed by atoms with E-state index in [1.807, 2.05) is 0 Å². The second-order valence-electron chi connectivity index (χ2n) is 7.32. The number of para-hydroxylation sites is 2. The molecule has 0 saturated carbocycles. The van der Waals surface area contributed by atoms with Crippen LogP contribution < -0.4 is 4.90 Å². The fourth-order valence-electron chi connectivity index (χ4n) is 3.38. The maximum atomic E-state index is 2.28. The third-order valence-corrected chi connectivity index (χ3v) is 6.21. The van der Waals surface area contributed by atoms with Crippen LogP contribution in [0.15, 0.2) is 114 Å². The van der Waals surface area contributed by atoms with Crippen LogP contribution in [0.5, 0.6) is 0 Å². The third kappa shape index (κ3) is 4.84. The minimum Gasteiger partial charge on any atom is -0.311 e. The summed E-state index contributed by atoms with van der Waals surface area (Å²) in [5, 5.41) is 0. The van der Waals surface area contributed by atoms with Crippen molar-refractivity contribution in [2.45, 2.75) is 4.90 Å². The lowest BCUT2D eigenvalue weighted by atomic mass is 10.1. The molecule has 0 spiro atoms. The summed E-state index contributed by atoms with van der Waals surface area (Å²) in [5.74, 6) is 0. The van der Waals surface area contributed by atoms with E-state index in [1.54, 1.807) is 0 Å². The number of anilines is 3. The second kappa shape index (κ2) is 9.51.